The zero-order chi connectivity index (χ0) is 23.2. The van der Waals surface area contributed by atoms with Gasteiger partial charge >= 0.3 is 12.1 Å². The summed E-state index contributed by atoms with van der Waals surface area (Å²) in [7, 11) is 0. The van der Waals surface area contributed by atoms with Crippen LogP contribution in [0.1, 0.15) is 23.2 Å². The van der Waals surface area contributed by atoms with Crippen LogP contribution < -0.4 is 4.90 Å². The van der Waals surface area contributed by atoms with E-state index in [1.807, 2.05) is 17.2 Å². The fraction of sp³-hybridized carbons (Fsp3) is 0.476. The Kier molecular flexibility index (Phi) is 7.39. The lowest BCUT2D eigenvalue weighted by molar-refractivity contribution is -0.192. The highest BCUT2D eigenvalue weighted by Gasteiger charge is 2.41. The summed E-state index contributed by atoms with van der Waals surface area (Å²) >= 11 is 0. The number of anilines is 1. The van der Waals surface area contributed by atoms with E-state index in [-0.39, 0.29) is 11.3 Å². The van der Waals surface area contributed by atoms with E-state index in [0.29, 0.717) is 25.3 Å². The number of amides is 1. The molecule has 11 heteroatoms. The van der Waals surface area contributed by atoms with Crippen molar-refractivity contribution in [3.05, 3.63) is 48.7 Å². The number of carbonyl (C=O) groups excluding carboxylic acids is 1. The van der Waals surface area contributed by atoms with Gasteiger partial charge in [0.2, 0.25) is 0 Å². The van der Waals surface area contributed by atoms with Gasteiger partial charge in [-0.15, -0.1) is 0 Å². The quantitative estimate of drug-likeness (QED) is 0.744. The molecule has 2 saturated heterocycles. The van der Waals surface area contributed by atoms with Crippen LogP contribution in [-0.2, 0) is 9.53 Å². The average molecular weight is 455 g/mol. The van der Waals surface area contributed by atoms with E-state index in [0.717, 1.165) is 38.2 Å². The molecule has 0 radical (unpaired) electrons. The smallest absolute Gasteiger partial charge is 0.475 e. The molecule has 0 bridgehead atoms. The first-order valence-corrected chi connectivity index (χ1v) is 10.0. The maximum absolute atomic E-state index is 12.7. The summed E-state index contributed by atoms with van der Waals surface area (Å²) in [6, 6.07) is 5.78. The number of carboxylic acid groups (broad SMARTS) is 1. The number of alkyl halides is 3. The van der Waals surface area contributed by atoms with E-state index >= 15 is 0 Å². The Morgan fingerprint density at radius 1 is 1.19 bits per heavy atom. The van der Waals surface area contributed by atoms with Crippen LogP contribution in [0.3, 0.4) is 0 Å². The summed E-state index contributed by atoms with van der Waals surface area (Å²) in [5.41, 5.74) is 1.70. The van der Waals surface area contributed by atoms with Crippen LogP contribution in [0, 0.1) is 5.41 Å². The van der Waals surface area contributed by atoms with Gasteiger partial charge < -0.3 is 24.1 Å². The lowest BCUT2D eigenvalue weighted by atomic mass is 9.79. The lowest BCUT2D eigenvalue weighted by Gasteiger charge is -2.43. The van der Waals surface area contributed by atoms with E-state index in [1.165, 1.54) is 6.26 Å². The maximum Gasteiger partial charge on any atom is 0.490 e. The van der Waals surface area contributed by atoms with Crippen molar-refractivity contribution in [2.45, 2.75) is 19.0 Å². The highest BCUT2D eigenvalue weighted by molar-refractivity contribution is 5.93. The molecule has 0 aliphatic carbocycles. The van der Waals surface area contributed by atoms with Crippen molar-refractivity contribution in [1.82, 2.24) is 9.88 Å². The van der Waals surface area contributed by atoms with Crippen LogP contribution in [0.25, 0.3) is 0 Å². The highest BCUT2D eigenvalue weighted by atomic mass is 19.4. The zero-order valence-electron chi connectivity index (χ0n) is 17.3. The first-order valence-electron chi connectivity index (χ1n) is 10.0. The summed E-state index contributed by atoms with van der Waals surface area (Å²) in [4.78, 5) is 30.2. The summed E-state index contributed by atoms with van der Waals surface area (Å²) in [6.07, 6.45) is 3.74. The number of halogens is 3. The second-order valence-electron chi connectivity index (χ2n) is 7.83. The van der Waals surface area contributed by atoms with E-state index in [1.54, 1.807) is 18.5 Å². The van der Waals surface area contributed by atoms with Crippen LogP contribution in [0.5, 0.6) is 0 Å². The van der Waals surface area contributed by atoms with Gasteiger partial charge in [-0.25, -0.2) is 4.79 Å². The summed E-state index contributed by atoms with van der Waals surface area (Å²) in [6.45, 7) is 4.63. The molecule has 0 aromatic carbocycles. The molecule has 1 N–H and O–H groups in total. The van der Waals surface area contributed by atoms with Gasteiger partial charge in [0.1, 0.15) is 6.26 Å². The molecule has 174 valence electrons. The molecule has 2 aliphatic rings. The number of aliphatic carboxylic acids is 1. The van der Waals surface area contributed by atoms with E-state index < -0.39 is 12.1 Å². The minimum Gasteiger partial charge on any atom is -0.475 e. The van der Waals surface area contributed by atoms with Crippen LogP contribution in [0.15, 0.2) is 47.5 Å². The molecule has 4 heterocycles. The fourth-order valence-electron chi connectivity index (χ4n) is 3.95. The Labute approximate surface area is 182 Å². The van der Waals surface area contributed by atoms with E-state index in [9.17, 15) is 18.0 Å². The molecule has 2 aliphatic heterocycles. The molecule has 1 atom stereocenters. The molecule has 0 saturated carbocycles. The number of furan rings is 1. The van der Waals surface area contributed by atoms with Gasteiger partial charge in [0, 0.05) is 37.8 Å². The Morgan fingerprint density at radius 3 is 2.59 bits per heavy atom. The molecular weight excluding hydrogens is 431 g/mol. The number of ether oxygens (including phenoxy) is 1. The predicted octanol–water partition coefficient (Wildman–Crippen LogP) is 3.07. The van der Waals surface area contributed by atoms with Crippen molar-refractivity contribution in [2.24, 2.45) is 5.41 Å². The first-order chi connectivity index (χ1) is 15.2. The number of piperidine rings is 1. The number of hydrogen-bond acceptors (Lipinski definition) is 6. The Morgan fingerprint density at radius 2 is 1.97 bits per heavy atom. The number of carbonyl (C=O) groups is 2. The van der Waals surface area contributed by atoms with Gasteiger partial charge in [-0.1, -0.05) is 0 Å². The van der Waals surface area contributed by atoms with Crippen LogP contribution >= 0.6 is 0 Å². The second-order valence-corrected chi connectivity index (χ2v) is 7.83. The molecule has 2 fully saturated rings. The summed E-state index contributed by atoms with van der Waals surface area (Å²) in [5, 5.41) is 7.12. The van der Waals surface area contributed by atoms with Crippen molar-refractivity contribution in [3.8, 4) is 0 Å². The number of carboxylic acids is 1. The van der Waals surface area contributed by atoms with E-state index in [2.05, 4.69) is 16.0 Å². The number of nitrogens with zero attached hydrogens (tertiary/aromatic N) is 3. The van der Waals surface area contributed by atoms with Gasteiger partial charge in [-0.05, 0) is 31.0 Å². The second kappa shape index (κ2) is 10.0. The number of rotatable bonds is 2. The third-order valence-electron chi connectivity index (χ3n) is 5.41. The van der Waals surface area contributed by atoms with Crippen molar-refractivity contribution in [1.29, 1.82) is 0 Å². The van der Waals surface area contributed by atoms with Gasteiger partial charge in [0.25, 0.3) is 5.91 Å². The minimum atomic E-state index is -5.08. The molecule has 1 spiro atoms. The number of pyridine rings is 1. The SMILES string of the molecule is O=C(O)C(F)(F)F.O=C(c1ccoc1)N1CCCC2(COCCN(c3cccnc3)C2)C1. The van der Waals surface area contributed by atoms with Crippen molar-refractivity contribution >= 4 is 17.6 Å². The molecule has 32 heavy (non-hydrogen) atoms. The number of likely N-dealkylation sites (tertiary alicyclic amines) is 1. The molecule has 2 aromatic rings. The Hall–Kier alpha value is -3.08. The van der Waals surface area contributed by atoms with Gasteiger partial charge in [0.15, 0.2) is 0 Å². The van der Waals surface area contributed by atoms with Gasteiger partial charge in [-0.2, -0.15) is 13.2 Å². The van der Waals surface area contributed by atoms with Gasteiger partial charge in [0.05, 0.1) is 36.9 Å². The predicted molar refractivity (Wildman–Crippen MR) is 107 cm³/mol. The van der Waals surface area contributed by atoms with Crippen LogP contribution in [0.2, 0.25) is 0 Å². The topological polar surface area (TPSA) is 96.1 Å². The Balaban J connectivity index is 0.000000360. The molecule has 1 unspecified atom stereocenters. The monoisotopic (exact) mass is 455 g/mol. The number of aromatic nitrogens is 1. The van der Waals surface area contributed by atoms with Crippen LogP contribution in [-0.4, -0.2) is 72.4 Å². The third-order valence-corrected chi connectivity index (χ3v) is 5.41. The fourth-order valence-corrected chi connectivity index (χ4v) is 3.95. The molecule has 4 rings (SSSR count). The van der Waals surface area contributed by atoms with Crippen molar-refractivity contribution in [2.75, 3.05) is 44.3 Å². The normalized spacial score (nSPS) is 21.5. The third kappa shape index (κ3) is 6.00. The molecule has 1 amide bonds. The minimum absolute atomic E-state index is 0.0377. The van der Waals surface area contributed by atoms with E-state index in [4.69, 9.17) is 19.1 Å². The molecule has 2 aromatic heterocycles. The first kappa shape index (κ1) is 23.6. The zero-order valence-corrected chi connectivity index (χ0v) is 17.3. The van der Waals surface area contributed by atoms with Gasteiger partial charge in [-0.3, -0.25) is 9.78 Å². The highest BCUT2D eigenvalue weighted by Crippen LogP contribution is 2.35. The molecule has 8 nitrogen and oxygen atoms in total. The standard InChI is InChI=1S/C19H23N3O3.C2HF3O2/c23-18(16-4-9-24-12-16)22-7-2-5-19(14-22)13-21(8-10-25-15-19)17-3-1-6-20-11-17;3-2(4,5)1(6)7/h1,3-4,6,9,11-12H,2,5,7-8,10,13-15H2;(H,6,7). The maximum atomic E-state index is 12.7. The lowest BCUT2D eigenvalue weighted by Crippen LogP contribution is -2.52. The van der Waals surface area contributed by atoms with Crippen molar-refractivity contribution in [3.63, 3.8) is 0 Å². The number of hydrogen-bond donors (Lipinski definition) is 1. The summed E-state index contributed by atoms with van der Waals surface area (Å²) in [5.74, 6) is -2.71. The van der Waals surface area contributed by atoms with Crippen molar-refractivity contribution < 1.29 is 37.0 Å². The summed E-state index contributed by atoms with van der Waals surface area (Å²) < 4.78 is 42.7. The Bertz CT molecular complexity index is 892. The largest absolute Gasteiger partial charge is 0.490 e. The molecular formula is C21H24F3N3O5. The average Bonchev–Trinajstić information content (AvgIpc) is 3.23. The van der Waals surface area contributed by atoms with Crippen LogP contribution in [0.4, 0.5) is 18.9 Å².